The van der Waals surface area contributed by atoms with Crippen LogP contribution in [0.4, 0.5) is 0 Å². The molecule has 6 heteroatoms. The number of nitrogens with one attached hydrogen (secondary N) is 1. The monoisotopic (exact) mass is 339 g/mol. The first-order valence-corrected chi connectivity index (χ1v) is 7.92. The van der Waals surface area contributed by atoms with Gasteiger partial charge in [-0.3, -0.25) is 5.10 Å². The number of nitrogens with zero attached hydrogens (tertiary/aromatic N) is 2. The maximum absolute atomic E-state index is 5.36. The first-order valence-electron chi connectivity index (χ1n) is 6.24. The van der Waals surface area contributed by atoms with E-state index in [0.717, 1.165) is 47.1 Å². The highest BCUT2D eigenvalue weighted by molar-refractivity contribution is 9.10. The zero-order chi connectivity index (χ0) is 13.1. The molecular formula is C13H14BrN3OS. The van der Waals surface area contributed by atoms with Crippen LogP contribution < -0.4 is 0 Å². The Morgan fingerprint density at radius 1 is 1.26 bits per heavy atom. The Kier molecular flexibility index (Phi) is 4.20. The third-order valence-corrected chi connectivity index (χ3v) is 4.92. The number of aromatic amines is 1. The van der Waals surface area contributed by atoms with Crippen molar-refractivity contribution >= 4 is 27.7 Å². The quantitative estimate of drug-likeness (QED) is 0.929. The second-order valence-corrected chi connectivity index (χ2v) is 6.50. The number of rotatable bonds is 3. The summed E-state index contributed by atoms with van der Waals surface area (Å²) in [4.78, 5) is 4.56. The Morgan fingerprint density at radius 3 is 2.84 bits per heavy atom. The smallest absolute Gasteiger partial charge is 0.209 e. The van der Waals surface area contributed by atoms with Crippen molar-refractivity contribution in [3.63, 3.8) is 0 Å². The summed E-state index contributed by atoms with van der Waals surface area (Å²) in [6, 6.07) is 8.01. The van der Waals surface area contributed by atoms with E-state index in [0.29, 0.717) is 5.25 Å². The van der Waals surface area contributed by atoms with E-state index in [1.165, 1.54) is 0 Å². The van der Waals surface area contributed by atoms with Gasteiger partial charge in [0.2, 0.25) is 5.16 Å². The van der Waals surface area contributed by atoms with Crippen molar-refractivity contribution in [3.8, 4) is 11.4 Å². The van der Waals surface area contributed by atoms with Crippen molar-refractivity contribution in [1.29, 1.82) is 0 Å². The largest absolute Gasteiger partial charge is 0.381 e. The summed E-state index contributed by atoms with van der Waals surface area (Å²) < 4.78 is 6.38. The lowest BCUT2D eigenvalue weighted by Crippen LogP contribution is -2.17. The molecule has 1 aromatic heterocycles. The Bertz CT molecular complexity index is 554. The van der Waals surface area contributed by atoms with E-state index in [4.69, 9.17) is 4.74 Å². The molecule has 0 aliphatic carbocycles. The maximum Gasteiger partial charge on any atom is 0.209 e. The average Bonchev–Trinajstić information content (AvgIpc) is 2.89. The standard InChI is InChI=1S/C13H14BrN3OS/c14-11-4-2-1-3-10(11)12-15-13(17-16-12)19-9-5-7-18-8-6-9/h1-4,9H,5-8H2,(H,15,16,17). The summed E-state index contributed by atoms with van der Waals surface area (Å²) in [6.45, 7) is 1.69. The molecule has 1 aliphatic heterocycles. The van der Waals surface area contributed by atoms with Gasteiger partial charge in [-0.05, 0) is 18.9 Å². The first kappa shape index (κ1) is 13.1. The first-order chi connectivity index (χ1) is 9.33. The molecule has 0 saturated carbocycles. The fourth-order valence-electron chi connectivity index (χ4n) is 2.02. The lowest BCUT2D eigenvalue weighted by molar-refractivity contribution is 0.1000. The molecule has 0 spiro atoms. The molecule has 1 fully saturated rings. The molecule has 3 rings (SSSR count). The molecule has 0 unspecified atom stereocenters. The fraction of sp³-hybridized carbons (Fsp3) is 0.385. The highest BCUT2D eigenvalue weighted by Crippen LogP contribution is 2.30. The molecule has 0 atom stereocenters. The predicted molar refractivity (Wildman–Crippen MR) is 79.2 cm³/mol. The average molecular weight is 340 g/mol. The number of thioether (sulfide) groups is 1. The number of benzene rings is 1. The van der Waals surface area contributed by atoms with E-state index in [2.05, 4.69) is 31.1 Å². The van der Waals surface area contributed by atoms with Gasteiger partial charge in [-0.2, -0.15) is 0 Å². The van der Waals surface area contributed by atoms with E-state index >= 15 is 0 Å². The summed E-state index contributed by atoms with van der Waals surface area (Å²) in [5.41, 5.74) is 1.04. The van der Waals surface area contributed by atoms with Crippen molar-refractivity contribution in [3.05, 3.63) is 28.7 Å². The molecular weight excluding hydrogens is 326 g/mol. The molecule has 0 radical (unpaired) electrons. The summed E-state index contributed by atoms with van der Waals surface area (Å²) >= 11 is 5.27. The summed E-state index contributed by atoms with van der Waals surface area (Å²) in [7, 11) is 0. The zero-order valence-corrected chi connectivity index (χ0v) is 12.7. The maximum atomic E-state index is 5.36. The number of hydrogen-bond donors (Lipinski definition) is 1. The molecule has 19 heavy (non-hydrogen) atoms. The zero-order valence-electron chi connectivity index (χ0n) is 10.3. The summed E-state index contributed by atoms with van der Waals surface area (Å²) in [6.07, 6.45) is 2.15. The van der Waals surface area contributed by atoms with Gasteiger partial charge in [0.1, 0.15) is 0 Å². The van der Waals surface area contributed by atoms with E-state index < -0.39 is 0 Å². The van der Waals surface area contributed by atoms with E-state index in [-0.39, 0.29) is 0 Å². The molecule has 1 aromatic carbocycles. The Labute approximate surface area is 124 Å². The van der Waals surface area contributed by atoms with Crippen LogP contribution in [0.25, 0.3) is 11.4 Å². The number of H-pyrrole nitrogens is 1. The van der Waals surface area contributed by atoms with Crippen LogP contribution in [0.15, 0.2) is 33.9 Å². The number of halogens is 1. The van der Waals surface area contributed by atoms with Crippen molar-refractivity contribution < 1.29 is 4.74 Å². The minimum Gasteiger partial charge on any atom is -0.381 e. The van der Waals surface area contributed by atoms with Gasteiger partial charge in [-0.25, -0.2) is 4.98 Å². The van der Waals surface area contributed by atoms with Gasteiger partial charge in [0.15, 0.2) is 5.82 Å². The highest BCUT2D eigenvalue weighted by atomic mass is 79.9. The van der Waals surface area contributed by atoms with Crippen LogP contribution in [-0.2, 0) is 4.74 Å². The predicted octanol–water partition coefficient (Wildman–Crippen LogP) is 3.51. The number of hydrogen-bond acceptors (Lipinski definition) is 4. The summed E-state index contributed by atoms with van der Waals surface area (Å²) in [5, 5.41) is 8.69. The topological polar surface area (TPSA) is 50.8 Å². The van der Waals surface area contributed by atoms with Crippen LogP contribution in [0.1, 0.15) is 12.8 Å². The van der Waals surface area contributed by atoms with Crippen molar-refractivity contribution in [2.45, 2.75) is 23.2 Å². The lowest BCUT2D eigenvalue weighted by atomic mass is 10.2. The Balaban J connectivity index is 1.74. The van der Waals surface area contributed by atoms with Crippen LogP contribution in [0.3, 0.4) is 0 Å². The molecule has 100 valence electrons. The molecule has 0 amide bonds. The molecule has 1 aliphatic rings. The Hall–Kier alpha value is -0.850. The molecule has 2 aromatic rings. The van der Waals surface area contributed by atoms with Gasteiger partial charge >= 0.3 is 0 Å². The lowest BCUT2D eigenvalue weighted by Gasteiger charge is -2.19. The second-order valence-electron chi connectivity index (χ2n) is 4.38. The van der Waals surface area contributed by atoms with E-state index in [1.807, 2.05) is 24.3 Å². The molecule has 1 saturated heterocycles. The van der Waals surface area contributed by atoms with Gasteiger partial charge in [0.25, 0.3) is 0 Å². The SMILES string of the molecule is Brc1ccccc1-c1nc(SC2CCOCC2)n[nH]1. The van der Waals surface area contributed by atoms with Crippen molar-refractivity contribution in [2.24, 2.45) is 0 Å². The third-order valence-electron chi connectivity index (χ3n) is 3.03. The van der Waals surface area contributed by atoms with Crippen LogP contribution >= 0.6 is 27.7 Å². The fourth-order valence-corrected chi connectivity index (χ4v) is 3.46. The number of ether oxygens (including phenoxy) is 1. The second kappa shape index (κ2) is 6.07. The van der Waals surface area contributed by atoms with Gasteiger partial charge in [-0.1, -0.05) is 45.9 Å². The Morgan fingerprint density at radius 2 is 2.05 bits per heavy atom. The minimum atomic E-state index is 0.566. The number of aromatic nitrogens is 3. The van der Waals surface area contributed by atoms with Crippen LogP contribution in [0, 0.1) is 0 Å². The molecule has 1 N–H and O–H groups in total. The van der Waals surface area contributed by atoms with Gasteiger partial charge < -0.3 is 4.74 Å². The van der Waals surface area contributed by atoms with Crippen LogP contribution in [-0.4, -0.2) is 33.6 Å². The van der Waals surface area contributed by atoms with Gasteiger partial charge in [-0.15, -0.1) is 5.10 Å². The third kappa shape index (κ3) is 3.19. The van der Waals surface area contributed by atoms with Crippen molar-refractivity contribution in [2.75, 3.05) is 13.2 Å². The highest BCUT2D eigenvalue weighted by Gasteiger charge is 2.18. The summed E-state index contributed by atoms with van der Waals surface area (Å²) in [5.74, 6) is 0.807. The van der Waals surface area contributed by atoms with Crippen LogP contribution in [0.5, 0.6) is 0 Å². The molecule has 4 nitrogen and oxygen atoms in total. The van der Waals surface area contributed by atoms with E-state index in [1.54, 1.807) is 11.8 Å². The van der Waals surface area contributed by atoms with E-state index in [9.17, 15) is 0 Å². The van der Waals surface area contributed by atoms with Crippen molar-refractivity contribution in [1.82, 2.24) is 15.2 Å². The molecule has 0 bridgehead atoms. The van der Waals surface area contributed by atoms with Crippen LogP contribution in [0.2, 0.25) is 0 Å². The van der Waals surface area contributed by atoms with Gasteiger partial charge in [0, 0.05) is 28.5 Å². The normalized spacial score (nSPS) is 16.7. The molecule has 2 heterocycles. The minimum absolute atomic E-state index is 0.566. The van der Waals surface area contributed by atoms with Gasteiger partial charge in [0.05, 0.1) is 0 Å².